The van der Waals surface area contributed by atoms with Crippen LogP contribution in [0.3, 0.4) is 0 Å². The van der Waals surface area contributed by atoms with E-state index < -0.39 is 5.23 Å². The Morgan fingerprint density at radius 2 is 1.85 bits per heavy atom. The summed E-state index contributed by atoms with van der Waals surface area (Å²) in [5.74, 6) is 0.461. The number of aliphatic imine (C=N–C) groups is 1. The molecule has 20 heavy (non-hydrogen) atoms. The topological polar surface area (TPSA) is 71.0 Å². The van der Waals surface area contributed by atoms with Crippen molar-refractivity contribution in [3.63, 3.8) is 0 Å². The van der Waals surface area contributed by atoms with Gasteiger partial charge in [-0.1, -0.05) is 36.4 Å². The lowest BCUT2D eigenvalue weighted by molar-refractivity contribution is 0.320. The molecule has 0 aromatic heterocycles. The standard InChI is InChI=1S/C15H12N2O3/c18-17(19)13-8-4-7-12(9-13)15-16-14(10-20-15)11-5-2-1-3-6-11/h1-9,14H,10H2/q-2/t14-/m0/s1. The van der Waals surface area contributed by atoms with Crippen molar-refractivity contribution in [1.82, 2.24) is 0 Å². The van der Waals surface area contributed by atoms with Crippen molar-refractivity contribution in [1.29, 1.82) is 0 Å². The van der Waals surface area contributed by atoms with Gasteiger partial charge in [-0.05, 0) is 23.8 Å². The van der Waals surface area contributed by atoms with Crippen molar-refractivity contribution in [3.8, 4) is 0 Å². The van der Waals surface area contributed by atoms with E-state index in [0.717, 1.165) is 5.56 Å². The van der Waals surface area contributed by atoms with Gasteiger partial charge in [-0.25, -0.2) is 4.99 Å². The van der Waals surface area contributed by atoms with Crippen molar-refractivity contribution >= 4 is 11.6 Å². The first-order valence-electron chi connectivity index (χ1n) is 6.24. The molecule has 1 aliphatic heterocycles. The Morgan fingerprint density at radius 1 is 1.05 bits per heavy atom. The van der Waals surface area contributed by atoms with E-state index in [1.54, 1.807) is 12.1 Å². The van der Waals surface area contributed by atoms with Gasteiger partial charge >= 0.3 is 0 Å². The van der Waals surface area contributed by atoms with E-state index in [1.807, 2.05) is 30.3 Å². The monoisotopic (exact) mass is 268 g/mol. The minimum atomic E-state index is -0.423. The maximum absolute atomic E-state index is 10.8. The summed E-state index contributed by atoms with van der Waals surface area (Å²) in [5, 5.41) is 21.1. The first kappa shape index (κ1) is 12.7. The Morgan fingerprint density at radius 3 is 2.60 bits per heavy atom. The fraction of sp³-hybridized carbons (Fsp3) is 0.133. The molecule has 0 N–H and O–H groups in total. The summed E-state index contributed by atoms with van der Waals surface area (Å²) in [5.41, 5.74) is 1.75. The number of anilines is 1. The third kappa shape index (κ3) is 2.49. The van der Waals surface area contributed by atoms with Gasteiger partial charge in [0.05, 0.1) is 0 Å². The molecule has 1 heterocycles. The molecule has 2 aromatic carbocycles. The van der Waals surface area contributed by atoms with Crippen LogP contribution >= 0.6 is 0 Å². The third-order valence-electron chi connectivity index (χ3n) is 3.14. The molecule has 5 heteroatoms. The molecule has 0 unspecified atom stereocenters. The van der Waals surface area contributed by atoms with Gasteiger partial charge < -0.3 is 20.4 Å². The molecule has 0 amide bonds. The highest BCUT2D eigenvalue weighted by atomic mass is 16.8. The minimum Gasteiger partial charge on any atom is -0.769 e. The lowest BCUT2D eigenvalue weighted by atomic mass is 10.1. The number of ether oxygens (including phenoxy) is 1. The van der Waals surface area contributed by atoms with Crippen LogP contribution in [0.4, 0.5) is 5.69 Å². The van der Waals surface area contributed by atoms with Crippen LogP contribution in [-0.2, 0) is 4.74 Å². The summed E-state index contributed by atoms with van der Waals surface area (Å²) < 4.78 is 5.57. The van der Waals surface area contributed by atoms with E-state index in [-0.39, 0.29) is 11.7 Å². The lowest BCUT2D eigenvalue weighted by Gasteiger charge is -2.37. The second-order valence-corrected chi connectivity index (χ2v) is 4.48. The number of nitrogens with zero attached hydrogens (tertiary/aromatic N) is 2. The lowest BCUT2D eigenvalue weighted by Crippen LogP contribution is -2.06. The molecule has 0 spiro atoms. The molecule has 0 saturated carbocycles. The van der Waals surface area contributed by atoms with Crippen LogP contribution in [0, 0.1) is 10.4 Å². The van der Waals surface area contributed by atoms with Crippen LogP contribution in [0.5, 0.6) is 0 Å². The van der Waals surface area contributed by atoms with Crippen LogP contribution in [0.25, 0.3) is 0 Å². The van der Waals surface area contributed by atoms with Gasteiger partial charge in [0.1, 0.15) is 12.6 Å². The Hall–Kier alpha value is -2.37. The molecule has 2 aromatic rings. The van der Waals surface area contributed by atoms with Crippen LogP contribution in [0.2, 0.25) is 0 Å². The summed E-state index contributed by atoms with van der Waals surface area (Å²) in [7, 11) is 0. The summed E-state index contributed by atoms with van der Waals surface area (Å²) in [4.78, 5) is 4.50. The van der Waals surface area contributed by atoms with E-state index >= 15 is 0 Å². The van der Waals surface area contributed by atoms with Crippen molar-refractivity contribution in [2.75, 3.05) is 11.8 Å². The second-order valence-electron chi connectivity index (χ2n) is 4.48. The molecule has 0 fully saturated rings. The largest absolute Gasteiger partial charge is 0.769 e. The number of rotatable bonds is 3. The summed E-state index contributed by atoms with van der Waals surface area (Å²) in [6.45, 7) is 0.460. The van der Waals surface area contributed by atoms with Gasteiger partial charge in [0.25, 0.3) is 0 Å². The van der Waals surface area contributed by atoms with Crippen LogP contribution in [0.1, 0.15) is 17.2 Å². The number of hydrogen-bond acceptors (Lipinski definition) is 5. The van der Waals surface area contributed by atoms with Gasteiger partial charge in [0.2, 0.25) is 5.90 Å². The number of hydrogen-bond donors (Lipinski definition) is 0. The molecule has 0 radical (unpaired) electrons. The van der Waals surface area contributed by atoms with Crippen LogP contribution in [-0.4, -0.2) is 12.5 Å². The molecular formula is C15H12N2O3-2. The molecule has 0 saturated heterocycles. The molecule has 0 bridgehead atoms. The molecule has 102 valence electrons. The van der Waals surface area contributed by atoms with E-state index in [4.69, 9.17) is 4.74 Å². The average molecular weight is 268 g/mol. The summed E-state index contributed by atoms with van der Waals surface area (Å²) >= 11 is 0. The van der Waals surface area contributed by atoms with E-state index in [0.29, 0.717) is 18.1 Å². The second kappa shape index (κ2) is 5.32. The highest BCUT2D eigenvalue weighted by Gasteiger charge is 2.21. The molecule has 3 rings (SSSR count). The molecular weight excluding hydrogens is 256 g/mol. The average Bonchev–Trinajstić information content (AvgIpc) is 2.98. The van der Waals surface area contributed by atoms with E-state index in [2.05, 4.69) is 4.99 Å². The minimum absolute atomic E-state index is 0.0389. The van der Waals surface area contributed by atoms with Crippen molar-refractivity contribution < 1.29 is 4.74 Å². The maximum Gasteiger partial charge on any atom is 0.216 e. The van der Waals surface area contributed by atoms with Gasteiger partial charge in [-0.2, -0.15) is 0 Å². The summed E-state index contributed by atoms with van der Waals surface area (Å²) in [6, 6.07) is 16.1. The smallest absolute Gasteiger partial charge is 0.216 e. The van der Waals surface area contributed by atoms with Gasteiger partial charge in [-0.15, -0.1) is 0 Å². The highest BCUT2D eigenvalue weighted by molar-refractivity contribution is 5.96. The number of benzene rings is 2. The Kier molecular flexibility index (Phi) is 3.37. The maximum atomic E-state index is 10.8. The zero-order valence-corrected chi connectivity index (χ0v) is 10.6. The molecule has 1 atom stereocenters. The molecule has 1 aliphatic rings. The predicted molar refractivity (Wildman–Crippen MR) is 77.3 cm³/mol. The van der Waals surface area contributed by atoms with Crippen molar-refractivity contribution in [3.05, 3.63) is 76.1 Å². The highest BCUT2D eigenvalue weighted by Crippen LogP contribution is 2.26. The molecule has 0 aliphatic carbocycles. The fourth-order valence-electron chi connectivity index (χ4n) is 2.13. The van der Waals surface area contributed by atoms with E-state index in [9.17, 15) is 10.4 Å². The van der Waals surface area contributed by atoms with Crippen LogP contribution < -0.4 is 5.23 Å². The third-order valence-corrected chi connectivity index (χ3v) is 3.14. The SMILES string of the molecule is [O-]N([O-])c1cccc(C2=N[C@H](c3ccccc3)CO2)c1. The quantitative estimate of drug-likeness (QED) is 0.802. The summed E-state index contributed by atoms with van der Waals surface area (Å²) in [6.07, 6.45) is 0. The zero-order valence-electron chi connectivity index (χ0n) is 10.6. The normalized spacial score (nSPS) is 17.5. The zero-order chi connectivity index (χ0) is 13.9. The fourth-order valence-corrected chi connectivity index (χ4v) is 2.13. The first-order chi connectivity index (χ1) is 9.74. The van der Waals surface area contributed by atoms with Crippen molar-refractivity contribution in [2.24, 2.45) is 4.99 Å². The Balaban J connectivity index is 1.87. The van der Waals surface area contributed by atoms with Gasteiger partial charge in [0, 0.05) is 11.3 Å². The van der Waals surface area contributed by atoms with Gasteiger partial charge in [-0.3, -0.25) is 0 Å². The molecule has 5 nitrogen and oxygen atoms in total. The Bertz CT molecular complexity index is 626. The predicted octanol–water partition coefficient (Wildman–Crippen LogP) is 3.01. The van der Waals surface area contributed by atoms with Crippen molar-refractivity contribution in [2.45, 2.75) is 6.04 Å². The Labute approximate surface area is 116 Å². The van der Waals surface area contributed by atoms with Crippen LogP contribution in [0.15, 0.2) is 59.6 Å². The first-order valence-corrected chi connectivity index (χ1v) is 6.24. The van der Waals surface area contributed by atoms with Gasteiger partial charge in [0.15, 0.2) is 0 Å². The van der Waals surface area contributed by atoms with E-state index in [1.165, 1.54) is 12.1 Å².